The molecule has 0 bridgehead atoms. The Morgan fingerprint density at radius 3 is 2.39 bits per heavy atom. The quantitative estimate of drug-likeness (QED) is 0.618. The maximum atomic E-state index is 10.4. The number of phenols is 1. The van der Waals surface area contributed by atoms with E-state index < -0.39 is 6.10 Å². The Balaban J connectivity index is 1.90. The molecule has 0 fully saturated rings. The highest BCUT2D eigenvalue weighted by atomic mass is 16.3. The molecule has 2 aromatic rings. The number of nitrogen functional groups attached to an aromatic ring is 1. The Morgan fingerprint density at radius 2 is 1.74 bits per heavy atom. The van der Waals surface area contributed by atoms with Crippen LogP contribution in [-0.4, -0.2) is 22.8 Å². The summed E-state index contributed by atoms with van der Waals surface area (Å²) in [6.07, 6.45) is 0.282. The molecule has 5 N–H and O–H groups in total. The molecule has 0 spiro atoms. The molecule has 0 amide bonds. The summed E-state index contributed by atoms with van der Waals surface area (Å²) in [7, 11) is 0. The number of nitrogens with two attached hydrogens (primary N) is 1. The van der Waals surface area contributed by atoms with E-state index in [0.29, 0.717) is 0 Å². The molecule has 0 radical (unpaired) electrons. The van der Waals surface area contributed by atoms with Crippen LogP contribution < -0.4 is 11.1 Å². The van der Waals surface area contributed by atoms with Crippen LogP contribution in [0.4, 0.5) is 5.69 Å². The van der Waals surface area contributed by atoms with Crippen LogP contribution in [0.25, 0.3) is 0 Å². The van der Waals surface area contributed by atoms with Gasteiger partial charge >= 0.3 is 0 Å². The summed E-state index contributed by atoms with van der Waals surface area (Å²) >= 11 is 0. The molecular formula is C19H26N2O2. The zero-order valence-corrected chi connectivity index (χ0v) is 14.0. The predicted molar refractivity (Wildman–Crippen MR) is 94.6 cm³/mol. The molecule has 124 valence electrons. The van der Waals surface area contributed by atoms with Crippen LogP contribution in [0.5, 0.6) is 5.75 Å². The van der Waals surface area contributed by atoms with Gasteiger partial charge in [0.1, 0.15) is 5.75 Å². The van der Waals surface area contributed by atoms with E-state index in [9.17, 15) is 10.2 Å². The summed E-state index contributed by atoms with van der Waals surface area (Å²) in [6, 6.07) is 10.7. The lowest BCUT2D eigenvalue weighted by Gasteiger charge is -2.21. The minimum Gasteiger partial charge on any atom is -0.508 e. The Morgan fingerprint density at radius 1 is 1.09 bits per heavy atom. The van der Waals surface area contributed by atoms with Gasteiger partial charge in [0.15, 0.2) is 0 Å². The summed E-state index contributed by atoms with van der Waals surface area (Å²) in [4.78, 5) is 0. The molecule has 2 aromatic carbocycles. The van der Waals surface area contributed by atoms with E-state index in [1.165, 1.54) is 11.1 Å². The van der Waals surface area contributed by atoms with Crippen molar-refractivity contribution in [3.63, 3.8) is 0 Å². The molecular weight excluding hydrogens is 288 g/mol. The lowest BCUT2D eigenvalue weighted by molar-refractivity contribution is 0.136. The molecule has 2 rings (SSSR count). The van der Waals surface area contributed by atoms with Gasteiger partial charge in [-0.1, -0.05) is 18.2 Å². The maximum absolute atomic E-state index is 10.4. The molecule has 4 heteroatoms. The largest absolute Gasteiger partial charge is 0.508 e. The molecule has 0 aromatic heterocycles. The van der Waals surface area contributed by atoms with E-state index in [2.05, 4.69) is 18.3 Å². The lowest BCUT2D eigenvalue weighted by atomic mass is 10.0. The number of hydrogen-bond donors (Lipinski definition) is 4. The van der Waals surface area contributed by atoms with Crippen molar-refractivity contribution in [1.82, 2.24) is 5.32 Å². The zero-order valence-electron chi connectivity index (χ0n) is 14.0. The lowest BCUT2D eigenvalue weighted by Crippen LogP contribution is -2.33. The first-order valence-corrected chi connectivity index (χ1v) is 7.94. The van der Waals surface area contributed by atoms with Gasteiger partial charge in [0, 0.05) is 11.7 Å². The predicted octanol–water partition coefficient (Wildman–Crippen LogP) is 2.85. The summed E-state index contributed by atoms with van der Waals surface area (Å²) in [5.41, 5.74) is 11.1. The van der Waals surface area contributed by atoms with Gasteiger partial charge in [-0.2, -0.15) is 0 Å². The van der Waals surface area contributed by atoms with E-state index in [4.69, 9.17) is 5.73 Å². The summed E-state index contributed by atoms with van der Waals surface area (Å²) in [5, 5.41) is 23.0. The topological polar surface area (TPSA) is 78.5 Å². The van der Waals surface area contributed by atoms with E-state index in [-0.39, 0.29) is 11.8 Å². The van der Waals surface area contributed by atoms with Gasteiger partial charge in [-0.3, -0.25) is 0 Å². The first kappa shape index (κ1) is 17.3. The molecule has 0 saturated carbocycles. The highest BCUT2D eigenvalue weighted by molar-refractivity contribution is 5.51. The average Bonchev–Trinajstić information content (AvgIpc) is 2.52. The fourth-order valence-electron chi connectivity index (χ4n) is 2.67. The monoisotopic (exact) mass is 314 g/mol. The van der Waals surface area contributed by atoms with E-state index >= 15 is 0 Å². The van der Waals surface area contributed by atoms with Gasteiger partial charge in [-0.15, -0.1) is 0 Å². The number of aliphatic hydroxyl groups excluding tert-OH is 1. The van der Waals surface area contributed by atoms with Crippen LogP contribution in [0.2, 0.25) is 0 Å². The fourth-order valence-corrected chi connectivity index (χ4v) is 2.67. The van der Waals surface area contributed by atoms with Gasteiger partial charge in [-0.25, -0.2) is 0 Å². The fraction of sp³-hybridized carbons (Fsp3) is 0.368. The third kappa shape index (κ3) is 4.47. The van der Waals surface area contributed by atoms with Crippen LogP contribution in [0.1, 0.15) is 35.3 Å². The zero-order chi connectivity index (χ0) is 17.0. The van der Waals surface area contributed by atoms with Crippen molar-refractivity contribution in [1.29, 1.82) is 0 Å². The molecule has 0 unspecified atom stereocenters. The molecule has 0 heterocycles. The van der Waals surface area contributed by atoms with Crippen LogP contribution in [0, 0.1) is 13.8 Å². The van der Waals surface area contributed by atoms with Crippen LogP contribution in [0.3, 0.4) is 0 Å². The van der Waals surface area contributed by atoms with E-state index in [1.807, 2.05) is 19.9 Å². The van der Waals surface area contributed by atoms with Crippen LogP contribution >= 0.6 is 0 Å². The number of rotatable bonds is 6. The second kappa shape index (κ2) is 7.49. The van der Waals surface area contributed by atoms with Crippen molar-refractivity contribution < 1.29 is 10.2 Å². The molecule has 0 aliphatic rings. The summed E-state index contributed by atoms with van der Waals surface area (Å²) in [6.45, 7) is 6.82. The number of benzene rings is 2. The minimum absolute atomic E-state index is 0.0743. The van der Waals surface area contributed by atoms with Crippen molar-refractivity contribution in [2.75, 3.05) is 12.3 Å². The highest BCUT2D eigenvalue weighted by Crippen LogP contribution is 2.20. The van der Waals surface area contributed by atoms with Gasteiger partial charge in [-0.05, 0) is 74.2 Å². The smallest absolute Gasteiger partial charge is 0.115 e. The van der Waals surface area contributed by atoms with Crippen molar-refractivity contribution in [2.45, 2.75) is 39.3 Å². The Kier molecular flexibility index (Phi) is 5.64. The number of aromatic hydroxyl groups is 1. The van der Waals surface area contributed by atoms with Crippen molar-refractivity contribution >= 4 is 5.69 Å². The molecule has 4 nitrogen and oxygen atoms in total. The van der Waals surface area contributed by atoms with Gasteiger partial charge in [0.05, 0.1) is 6.10 Å². The number of aryl methyl sites for hydroxylation is 2. The normalized spacial score (nSPS) is 13.7. The van der Waals surface area contributed by atoms with E-state index in [1.54, 1.807) is 24.3 Å². The minimum atomic E-state index is -0.607. The van der Waals surface area contributed by atoms with Crippen LogP contribution in [-0.2, 0) is 6.42 Å². The maximum Gasteiger partial charge on any atom is 0.115 e. The average molecular weight is 314 g/mol. The third-order valence-electron chi connectivity index (χ3n) is 4.29. The van der Waals surface area contributed by atoms with Gasteiger partial charge < -0.3 is 21.3 Å². The van der Waals surface area contributed by atoms with Crippen molar-refractivity contribution in [3.8, 4) is 5.75 Å². The first-order chi connectivity index (χ1) is 10.9. The Hall–Kier alpha value is -2.04. The van der Waals surface area contributed by atoms with Crippen molar-refractivity contribution in [2.24, 2.45) is 0 Å². The number of hydrogen-bond acceptors (Lipinski definition) is 4. The molecule has 23 heavy (non-hydrogen) atoms. The SMILES string of the molecule is Cc1cc(CCN[C@@H](C)[C@H](O)c2ccc(O)cc2)c(C)cc1N. The second-order valence-electron chi connectivity index (χ2n) is 6.16. The standard InChI is InChI=1S/C19H26N2O2/c1-12-11-18(20)13(2)10-16(12)8-9-21-14(3)19(23)15-4-6-17(22)7-5-15/h4-7,10-11,14,19,21-23H,8-9,20H2,1-3H3/t14-,19-/m0/s1. The highest BCUT2D eigenvalue weighted by Gasteiger charge is 2.15. The third-order valence-corrected chi connectivity index (χ3v) is 4.29. The number of aliphatic hydroxyl groups is 1. The van der Waals surface area contributed by atoms with Crippen molar-refractivity contribution in [3.05, 3.63) is 58.7 Å². The summed E-state index contributed by atoms with van der Waals surface area (Å²) in [5.74, 6) is 0.204. The number of phenolic OH excluding ortho intramolecular Hbond substituents is 1. The molecule has 0 aliphatic carbocycles. The second-order valence-corrected chi connectivity index (χ2v) is 6.16. The molecule has 0 saturated heterocycles. The molecule has 2 atom stereocenters. The summed E-state index contributed by atoms with van der Waals surface area (Å²) < 4.78 is 0. The van der Waals surface area contributed by atoms with Crippen LogP contribution in [0.15, 0.2) is 36.4 Å². The number of nitrogens with one attached hydrogen (secondary N) is 1. The van der Waals surface area contributed by atoms with Gasteiger partial charge in [0.2, 0.25) is 0 Å². The van der Waals surface area contributed by atoms with Gasteiger partial charge in [0.25, 0.3) is 0 Å². The molecule has 0 aliphatic heterocycles. The van der Waals surface area contributed by atoms with E-state index in [0.717, 1.165) is 29.8 Å². The number of anilines is 1. The first-order valence-electron chi connectivity index (χ1n) is 7.94. The Labute approximate surface area is 138 Å². The Bertz CT molecular complexity index is 653.